The normalized spacial score (nSPS) is 12.7. The summed E-state index contributed by atoms with van der Waals surface area (Å²) in [5.41, 5.74) is 0.163. The highest BCUT2D eigenvalue weighted by Crippen LogP contribution is 2.39. The van der Waals surface area contributed by atoms with Crippen molar-refractivity contribution in [3.63, 3.8) is 0 Å². The second kappa shape index (κ2) is 5.43. The van der Waals surface area contributed by atoms with Gasteiger partial charge in [-0.2, -0.15) is 26.3 Å². The van der Waals surface area contributed by atoms with E-state index in [2.05, 4.69) is 9.97 Å². The SMILES string of the molecule is Cc1cc(Cl)nc(NC(=O)C(C(F)(F)F)C(F)(F)F)n1. The fourth-order valence-electron chi connectivity index (χ4n) is 1.25. The maximum atomic E-state index is 12.3. The van der Waals surface area contributed by atoms with Gasteiger partial charge in [-0.3, -0.25) is 10.1 Å². The van der Waals surface area contributed by atoms with Crippen molar-refractivity contribution in [3.05, 3.63) is 16.9 Å². The number of hydrogen-bond donors (Lipinski definition) is 1. The van der Waals surface area contributed by atoms with Gasteiger partial charge in [0.05, 0.1) is 0 Å². The minimum atomic E-state index is -5.78. The van der Waals surface area contributed by atoms with E-state index in [4.69, 9.17) is 11.6 Å². The number of anilines is 1. The lowest BCUT2D eigenvalue weighted by molar-refractivity contribution is -0.272. The number of hydrogen-bond acceptors (Lipinski definition) is 3. The van der Waals surface area contributed by atoms with E-state index in [1.807, 2.05) is 0 Å². The number of nitrogens with zero attached hydrogens (tertiary/aromatic N) is 2. The fraction of sp³-hybridized carbons (Fsp3) is 0.444. The van der Waals surface area contributed by atoms with Gasteiger partial charge >= 0.3 is 12.4 Å². The van der Waals surface area contributed by atoms with Gasteiger partial charge < -0.3 is 0 Å². The lowest BCUT2D eigenvalue weighted by Gasteiger charge is -2.21. The number of aromatic nitrogens is 2. The molecule has 1 amide bonds. The molecule has 0 spiro atoms. The molecule has 0 bridgehead atoms. The van der Waals surface area contributed by atoms with Crippen molar-refractivity contribution in [1.82, 2.24) is 9.97 Å². The summed E-state index contributed by atoms with van der Waals surface area (Å²) in [6.07, 6.45) is -11.6. The maximum Gasteiger partial charge on any atom is 0.409 e. The van der Waals surface area contributed by atoms with Gasteiger partial charge in [0.1, 0.15) is 5.15 Å². The van der Waals surface area contributed by atoms with Crippen LogP contribution in [0.15, 0.2) is 6.07 Å². The molecule has 0 saturated carbocycles. The molecule has 20 heavy (non-hydrogen) atoms. The molecule has 1 aromatic rings. The van der Waals surface area contributed by atoms with Crippen LogP contribution in [0.25, 0.3) is 0 Å². The van der Waals surface area contributed by atoms with E-state index in [9.17, 15) is 31.1 Å². The van der Waals surface area contributed by atoms with Crippen molar-refractivity contribution in [2.45, 2.75) is 19.3 Å². The molecular weight excluding hydrogens is 316 g/mol. The first-order valence-corrected chi connectivity index (χ1v) is 5.24. The molecule has 1 rings (SSSR count). The molecule has 0 aliphatic heterocycles. The molecule has 0 fully saturated rings. The highest BCUT2D eigenvalue weighted by molar-refractivity contribution is 6.29. The summed E-state index contributed by atoms with van der Waals surface area (Å²) in [7, 11) is 0. The van der Waals surface area contributed by atoms with Crippen molar-refractivity contribution >= 4 is 23.5 Å². The zero-order chi connectivity index (χ0) is 15.7. The van der Waals surface area contributed by atoms with Crippen LogP contribution in [0, 0.1) is 12.8 Å². The number of nitrogens with one attached hydrogen (secondary N) is 1. The number of amides is 1. The van der Waals surface area contributed by atoms with Gasteiger partial charge in [-0.05, 0) is 13.0 Å². The van der Waals surface area contributed by atoms with Gasteiger partial charge in [-0.25, -0.2) is 9.97 Å². The predicted octanol–water partition coefficient (Wildman–Crippen LogP) is 3.12. The summed E-state index contributed by atoms with van der Waals surface area (Å²) in [5.74, 6) is -7.23. The molecule has 112 valence electrons. The number of carbonyl (C=O) groups excluding carboxylic acids is 1. The summed E-state index contributed by atoms with van der Waals surface area (Å²) in [5, 5.41) is 1.12. The number of alkyl halides is 6. The van der Waals surface area contributed by atoms with Crippen molar-refractivity contribution in [3.8, 4) is 0 Å². The topological polar surface area (TPSA) is 54.9 Å². The summed E-state index contributed by atoms with van der Waals surface area (Å²) < 4.78 is 73.7. The summed E-state index contributed by atoms with van der Waals surface area (Å²) in [6, 6.07) is 1.21. The molecule has 0 aliphatic rings. The van der Waals surface area contributed by atoms with Gasteiger partial charge in [0.2, 0.25) is 17.8 Å². The maximum absolute atomic E-state index is 12.3. The molecule has 11 heteroatoms. The van der Waals surface area contributed by atoms with Crippen LogP contribution in [0.4, 0.5) is 32.3 Å². The van der Waals surface area contributed by atoms with E-state index >= 15 is 0 Å². The van der Waals surface area contributed by atoms with Gasteiger partial charge in [0.15, 0.2) is 0 Å². The fourth-order valence-corrected chi connectivity index (χ4v) is 1.49. The molecule has 0 unspecified atom stereocenters. The van der Waals surface area contributed by atoms with Crippen molar-refractivity contribution in [1.29, 1.82) is 0 Å². The molecule has 0 saturated heterocycles. The first-order valence-electron chi connectivity index (χ1n) is 4.86. The average Bonchev–Trinajstić information content (AvgIpc) is 2.08. The monoisotopic (exact) mass is 321 g/mol. The average molecular weight is 322 g/mol. The third-order valence-corrected chi connectivity index (χ3v) is 2.17. The Labute approximate surface area is 113 Å². The Bertz CT molecular complexity index is 481. The van der Waals surface area contributed by atoms with Crippen LogP contribution in [-0.4, -0.2) is 28.2 Å². The van der Waals surface area contributed by atoms with Gasteiger partial charge in [0, 0.05) is 5.69 Å². The second-order valence-electron chi connectivity index (χ2n) is 3.66. The molecule has 4 nitrogen and oxygen atoms in total. The molecule has 0 radical (unpaired) electrons. The summed E-state index contributed by atoms with van der Waals surface area (Å²) in [6.45, 7) is 1.37. The van der Waals surface area contributed by atoms with E-state index in [-0.39, 0.29) is 10.8 Å². The van der Waals surface area contributed by atoms with Crippen LogP contribution < -0.4 is 5.32 Å². The smallest absolute Gasteiger partial charge is 0.294 e. The van der Waals surface area contributed by atoms with E-state index in [0.717, 1.165) is 0 Å². The first-order chi connectivity index (χ1) is 8.91. The van der Waals surface area contributed by atoms with Crippen LogP contribution in [0.3, 0.4) is 0 Å². The highest BCUT2D eigenvalue weighted by Gasteiger charge is 2.61. The van der Waals surface area contributed by atoms with Crippen LogP contribution >= 0.6 is 11.6 Å². The van der Waals surface area contributed by atoms with E-state index in [1.165, 1.54) is 18.3 Å². The lowest BCUT2D eigenvalue weighted by Crippen LogP contribution is -2.45. The third-order valence-electron chi connectivity index (χ3n) is 1.97. The van der Waals surface area contributed by atoms with Crippen molar-refractivity contribution < 1.29 is 31.1 Å². The van der Waals surface area contributed by atoms with Gasteiger partial charge in [-0.1, -0.05) is 11.6 Å². The largest absolute Gasteiger partial charge is 0.409 e. The minimum absolute atomic E-state index is 0.163. The second-order valence-corrected chi connectivity index (χ2v) is 4.05. The number of carbonyl (C=O) groups is 1. The zero-order valence-electron chi connectivity index (χ0n) is 9.60. The molecule has 1 N–H and O–H groups in total. The van der Waals surface area contributed by atoms with Gasteiger partial charge in [-0.15, -0.1) is 0 Å². The van der Waals surface area contributed by atoms with E-state index in [0.29, 0.717) is 0 Å². The van der Waals surface area contributed by atoms with E-state index in [1.54, 1.807) is 0 Å². The Morgan fingerprint density at radius 3 is 2.10 bits per heavy atom. The van der Waals surface area contributed by atoms with Crippen LogP contribution in [0.5, 0.6) is 0 Å². The molecule has 0 aliphatic carbocycles. The Hall–Kier alpha value is -1.58. The van der Waals surface area contributed by atoms with Crippen LogP contribution in [0.2, 0.25) is 5.15 Å². The summed E-state index contributed by atoms with van der Waals surface area (Å²) >= 11 is 5.45. The van der Waals surface area contributed by atoms with E-state index < -0.39 is 30.1 Å². The minimum Gasteiger partial charge on any atom is -0.294 e. The molecule has 1 heterocycles. The van der Waals surface area contributed by atoms with Crippen molar-refractivity contribution in [2.24, 2.45) is 5.92 Å². The highest BCUT2D eigenvalue weighted by atomic mass is 35.5. The third kappa shape index (κ3) is 4.22. The standard InChI is InChI=1S/C9H6ClF6N3O/c1-3-2-4(10)18-7(17-3)19-6(20)5(8(11,12)13)9(14,15)16/h2,5H,1H3,(H,17,18,19,20). The zero-order valence-corrected chi connectivity index (χ0v) is 10.4. The van der Waals surface area contributed by atoms with Crippen molar-refractivity contribution in [2.75, 3.05) is 5.32 Å². The summed E-state index contributed by atoms with van der Waals surface area (Å²) in [4.78, 5) is 17.9. The molecule has 0 aromatic carbocycles. The predicted molar refractivity (Wildman–Crippen MR) is 56.0 cm³/mol. The van der Waals surface area contributed by atoms with Gasteiger partial charge in [0.25, 0.3) is 0 Å². The number of halogens is 7. The quantitative estimate of drug-likeness (QED) is 0.672. The van der Waals surface area contributed by atoms with Crippen LogP contribution in [-0.2, 0) is 4.79 Å². The first kappa shape index (κ1) is 16.5. The number of rotatable bonds is 2. The van der Waals surface area contributed by atoms with Crippen LogP contribution in [0.1, 0.15) is 5.69 Å². The Morgan fingerprint density at radius 2 is 1.70 bits per heavy atom. The lowest BCUT2D eigenvalue weighted by atomic mass is 10.1. The number of aryl methyl sites for hydroxylation is 1. The Kier molecular flexibility index (Phi) is 4.47. The molecule has 0 atom stereocenters. The Balaban J connectivity index is 3.03. The Morgan fingerprint density at radius 1 is 1.20 bits per heavy atom. The molecular formula is C9H6ClF6N3O. The molecule has 1 aromatic heterocycles.